The average molecular weight is 420 g/mol. The number of carbonyl (C=O) groups is 1. The molecule has 2 aromatic heterocycles. The molecule has 1 aliphatic heterocycles. The molecule has 0 fully saturated rings. The molecule has 0 radical (unpaired) electrons. The molecule has 0 unspecified atom stereocenters. The Morgan fingerprint density at radius 3 is 2.93 bits per heavy atom. The Bertz CT molecular complexity index is 1240. The van der Waals surface area contributed by atoms with Crippen molar-refractivity contribution < 1.29 is 14.3 Å². The van der Waals surface area contributed by atoms with E-state index in [-0.39, 0.29) is 5.91 Å². The van der Waals surface area contributed by atoms with Crippen molar-refractivity contribution >= 4 is 27.3 Å². The van der Waals surface area contributed by atoms with Gasteiger partial charge in [-0.2, -0.15) is 5.10 Å². The largest absolute Gasteiger partial charge is 0.493 e. The number of H-pyrrole nitrogens is 1. The van der Waals surface area contributed by atoms with E-state index in [2.05, 4.69) is 39.8 Å². The predicted molar refractivity (Wildman–Crippen MR) is 117 cm³/mol. The first-order valence-electron chi connectivity index (χ1n) is 9.75. The Morgan fingerprint density at radius 2 is 2.13 bits per heavy atom. The maximum Gasteiger partial charge on any atom is 0.274 e. The molecule has 3 heterocycles. The summed E-state index contributed by atoms with van der Waals surface area (Å²) in [5, 5.41) is 10.3. The van der Waals surface area contributed by atoms with Crippen molar-refractivity contribution in [3.05, 3.63) is 64.8 Å². The summed E-state index contributed by atoms with van der Waals surface area (Å²) in [7, 11) is 1.65. The Morgan fingerprint density at radius 1 is 1.27 bits per heavy atom. The van der Waals surface area contributed by atoms with E-state index < -0.39 is 0 Å². The van der Waals surface area contributed by atoms with Gasteiger partial charge in [-0.15, -0.1) is 11.3 Å². The van der Waals surface area contributed by atoms with Crippen LogP contribution in [-0.4, -0.2) is 41.3 Å². The molecule has 0 atom stereocenters. The molecule has 0 bridgehead atoms. The summed E-state index contributed by atoms with van der Waals surface area (Å²) in [5.41, 5.74) is 4.41. The van der Waals surface area contributed by atoms with Crippen molar-refractivity contribution in [1.29, 1.82) is 0 Å². The monoisotopic (exact) mass is 419 g/mol. The van der Waals surface area contributed by atoms with Gasteiger partial charge >= 0.3 is 0 Å². The number of methoxy groups -OCH3 is 1. The summed E-state index contributed by atoms with van der Waals surface area (Å²) in [5.74, 6) is 1.28. The molecule has 4 aromatic rings. The lowest BCUT2D eigenvalue weighted by molar-refractivity contribution is 0.0727. The van der Waals surface area contributed by atoms with E-state index in [0.29, 0.717) is 36.9 Å². The van der Waals surface area contributed by atoms with Crippen LogP contribution in [0, 0.1) is 6.92 Å². The summed E-state index contributed by atoms with van der Waals surface area (Å²) in [6.45, 7) is 3.21. The standard InChI is InChI=1S/C23H21N3O3S/c1-14-9-19(25-24-14)23(27)26-7-8-29-22-16(12-26)10-15(11-20(22)28-2)18-13-30-21-6-4-3-5-17(18)21/h3-6,9-11,13H,7-8,12H2,1-2H3,(H,24,25). The van der Waals surface area contributed by atoms with Gasteiger partial charge in [0.1, 0.15) is 12.3 Å². The van der Waals surface area contributed by atoms with Crippen molar-refractivity contribution in [2.75, 3.05) is 20.3 Å². The van der Waals surface area contributed by atoms with E-state index in [0.717, 1.165) is 22.4 Å². The van der Waals surface area contributed by atoms with Gasteiger partial charge in [0.25, 0.3) is 5.91 Å². The number of nitrogens with zero attached hydrogens (tertiary/aromatic N) is 2. The normalized spacial score (nSPS) is 13.6. The van der Waals surface area contributed by atoms with E-state index in [1.54, 1.807) is 29.4 Å². The van der Waals surface area contributed by atoms with Crippen LogP contribution in [0.15, 0.2) is 47.8 Å². The highest BCUT2D eigenvalue weighted by Crippen LogP contribution is 2.41. The van der Waals surface area contributed by atoms with Gasteiger partial charge in [-0.05, 0) is 42.1 Å². The number of fused-ring (bicyclic) bond motifs is 2. The molecular formula is C23H21N3O3S. The van der Waals surface area contributed by atoms with Crippen LogP contribution in [0.25, 0.3) is 21.2 Å². The topological polar surface area (TPSA) is 67.5 Å². The van der Waals surface area contributed by atoms with E-state index >= 15 is 0 Å². The highest BCUT2D eigenvalue weighted by molar-refractivity contribution is 7.17. The third-order valence-electron chi connectivity index (χ3n) is 5.32. The Labute approximate surface area is 178 Å². The maximum absolute atomic E-state index is 13.0. The molecule has 152 valence electrons. The van der Waals surface area contributed by atoms with Crippen molar-refractivity contribution in [2.45, 2.75) is 13.5 Å². The first-order valence-corrected chi connectivity index (χ1v) is 10.6. The zero-order valence-corrected chi connectivity index (χ0v) is 17.6. The Balaban J connectivity index is 1.56. The van der Waals surface area contributed by atoms with Crippen LogP contribution in [0.1, 0.15) is 21.7 Å². The summed E-state index contributed by atoms with van der Waals surface area (Å²) >= 11 is 1.72. The fraction of sp³-hybridized carbons (Fsp3) is 0.217. The first kappa shape index (κ1) is 18.7. The lowest BCUT2D eigenvalue weighted by Crippen LogP contribution is -2.32. The van der Waals surface area contributed by atoms with Gasteiger partial charge in [-0.3, -0.25) is 9.89 Å². The molecule has 0 spiro atoms. The molecule has 0 saturated carbocycles. The number of ether oxygens (including phenoxy) is 2. The van der Waals surface area contributed by atoms with Crippen LogP contribution in [0.5, 0.6) is 11.5 Å². The summed E-state index contributed by atoms with van der Waals surface area (Å²) < 4.78 is 12.9. The van der Waals surface area contributed by atoms with Crippen molar-refractivity contribution in [2.24, 2.45) is 0 Å². The lowest BCUT2D eigenvalue weighted by atomic mass is 10.0. The SMILES string of the molecule is COc1cc(-c2csc3ccccc23)cc2c1OCCN(C(=O)c1cc(C)[nH]n1)C2. The van der Waals surface area contributed by atoms with Gasteiger partial charge in [-0.25, -0.2) is 0 Å². The zero-order chi connectivity index (χ0) is 20.7. The van der Waals surface area contributed by atoms with Gasteiger partial charge in [0, 0.05) is 33.5 Å². The van der Waals surface area contributed by atoms with Gasteiger partial charge < -0.3 is 14.4 Å². The summed E-state index contributed by atoms with van der Waals surface area (Å²) in [6, 6.07) is 14.2. The van der Waals surface area contributed by atoms with Gasteiger partial charge in [0.05, 0.1) is 13.7 Å². The minimum atomic E-state index is -0.110. The number of hydrogen-bond acceptors (Lipinski definition) is 5. The molecular weight excluding hydrogens is 398 g/mol. The number of hydrogen-bond donors (Lipinski definition) is 1. The molecule has 2 aromatic carbocycles. The molecule has 0 saturated heterocycles. The molecule has 30 heavy (non-hydrogen) atoms. The number of nitrogens with one attached hydrogen (secondary N) is 1. The summed E-state index contributed by atoms with van der Waals surface area (Å²) in [4.78, 5) is 14.8. The van der Waals surface area contributed by atoms with Crippen LogP contribution in [-0.2, 0) is 6.54 Å². The highest BCUT2D eigenvalue weighted by Gasteiger charge is 2.25. The van der Waals surface area contributed by atoms with Crippen LogP contribution < -0.4 is 9.47 Å². The molecule has 5 rings (SSSR count). The van der Waals surface area contributed by atoms with Gasteiger partial charge in [0.2, 0.25) is 0 Å². The average Bonchev–Trinajstić information content (AvgIpc) is 3.33. The van der Waals surface area contributed by atoms with Crippen LogP contribution in [0.3, 0.4) is 0 Å². The molecule has 1 amide bonds. The number of aryl methyl sites for hydroxylation is 1. The highest BCUT2D eigenvalue weighted by atomic mass is 32.1. The minimum absolute atomic E-state index is 0.110. The number of rotatable bonds is 3. The summed E-state index contributed by atoms with van der Waals surface area (Å²) in [6.07, 6.45) is 0. The number of aromatic amines is 1. The molecule has 1 N–H and O–H groups in total. The second-order valence-electron chi connectivity index (χ2n) is 7.32. The molecule has 0 aliphatic carbocycles. The van der Waals surface area contributed by atoms with Crippen LogP contribution in [0.2, 0.25) is 0 Å². The number of thiophene rings is 1. The van der Waals surface area contributed by atoms with Gasteiger partial charge in [-0.1, -0.05) is 18.2 Å². The second kappa shape index (κ2) is 7.50. The van der Waals surface area contributed by atoms with E-state index in [1.807, 2.05) is 19.1 Å². The van der Waals surface area contributed by atoms with Crippen LogP contribution >= 0.6 is 11.3 Å². The van der Waals surface area contributed by atoms with Crippen molar-refractivity contribution in [1.82, 2.24) is 15.1 Å². The molecule has 1 aliphatic rings. The Hall–Kier alpha value is -3.32. The number of amides is 1. The third-order valence-corrected chi connectivity index (χ3v) is 6.29. The number of benzene rings is 2. The molecule has 7 heteroatoms. The third kappa shape index (κ3) is 3.21. The van der Waals surface area contributed by atoms with Crippen LogP contribution in [0.4, 0.5) is 0 Å². The Kier molecular flexibility index (Phi) is 4.67. The van der Waals surface area contributed by atoms with Crippen molar-refractivity contribution in [3.63, 3.8) is 0 Å². The van der Waals surface area contributed by atoms with E-state index in [1.165, 1.54) is 10.1 Å². The smallest absolute Gasteiger partial charge is 0.274 e. The van der Waals surface area contributed by atoms with E-state index in [9.17, 15) is 4.79 Å². The fourth-order valence-corrected chi connectivity index (χ4v) is 4.83. The second-order valence-corrected chi connectivity index (χ2v) is 8.23. The predicted octanol–water partition coefficient (Wildman–Crippen LogP) is 4.64. The van der Waals surface area contributed by atoms with Gasteiger partial charge in [0.15, 0.2) is 11.5 Å². The maximum atomic E-state index is 13.0. The zero-order valence-electron chi connectivity index (χ0n) is 16.8. The number of aromatic nitrogens is 2. The quantitative estimate of drug-likeness (QED) is 0.525. The minimum Gasteiger partial charge on any atom is -0.493 e. The lowest BCUT2D eigenvalue weighted by Gasteiger charge is -2.19. The molecule has 6 nitrogen and oxygen atoms in total. The fourth-order valence-electron chi connectivity index (χ4n) is 3.86. The number of carbonyl (C=O) groups excluding carboxylic acids is 1. The first-order chi connectivity index (χ1) is 14.6. The van der Waals surface area contributed by atoms with Crippen molar-refractivity contribution in [3.8, 4) is 22.6 Å². The van der Waals surface area contributed by atoms with E-state index in [4.69, 9.17) is 9.47 Å².